The van der Waals surface area contributed by atoms with E-state index in [0.717, 1.165) is 30.5 Å². The number of hydrogen-bond donors (Lipinski definition) is 1. The molecule has 1 N–H and O–H groups in total. The summed E-state index contributed by atoms with van der Waals surface area (Å²) in [5, 5.41) is 3.71. The van der Waals surface area contributed by atoms with Crippen molar-refractivity contribution >= 4 is 0 Å². The van der Waals surface area contributed by atoms with Crippen LogP contribution < -0.4 is 5.32 Å². The summed E-state index contributed by atoms with van der Waals surface area (Å²) in [6, 6.07) is 1.50. The van der Waals surface area contributed by atoms with Gasteiger partial charge in [-0.1, -0.05) is 20.3 Å². The van der Waals surface area contributed by atoms with E-state index in [1.54, 1.807) is 0 Å². The predicted molar refractivity (Wildman–Crippen MR) is 74.2 cm³/mol. The molecular formula is C15H30N2. The van der Waals surface area contributed by atoms with Crippen LogP contribution in [0, 0.1) is 11.8 Å². The summed E-state index contributed by atoms with van der Waals surface area (Å²) in [5.41, 5.74) is 0.281. The maximum atomic E-state index is 3.71. The second-order valence-electron chi connectivity index (χ2n) is 7.18. The van der Waals surface area contributed by atoms with Crippen LogP contribution >= 0.6 is 0 Å². The number of rotatable bonds is 3. The number of nitrogens with one attached hydrogen (secondary N) is 1. The third kappa shape index (κ3) is 2.85. The monoisotopic (exact) mass is 238 g/mol. The van der Waals surface area contributed by atoms with Gasteiger partial charge in [0.15, 0.2) is 0 Å². The first kappa shape index (κ1) is 13.4. The van der Waals surface area contributed by atoms with Crippen LogP contribution in [0.1, 0.15) is 53.9 Å². The van der Waals surface area contributed by atoms with E-state index < -0.39 is 0 Å². The fourth-order valence-corrected chi connectivity index (χ4v) is 3.39. The van der Waals surface area contributed by atoms with Crippen molar-refractivity contribution in [1.29, 1.82) is 0 Å². The van der Waals surface area contributed by atoms with Gasteiger partial charge in [0.05, 0.1) is 0 Å². The Balaban J connectivity index is 2.06. The Bertz CT molecular complexity index is 256. The standard InChI is InChI=1S/C15H30N2/c1-11(2)14-9-16-15(4,5)10-17(14)12(3)13-7-6-8-13/h11-14,16H,6-10H2,1-5H3. The highest BCUT2D eigenvalue weighted by molar-refractivity contribution is 4.97. The molecule has 1 aliphatic heterocycles. The quantitative estimate of drug-likeness (QED) is 0.813. The Kier molecular flexibility index (Phi) is 3.84. The molecule has 100 valence electrons. The summed E-state index contributed by atoms with van der Waals surface area (Å²) >= 11 is 0. The highest BCUT2D eigenvalue weighted by atomic mass is 15.3. The van der Waals surface area contributed by atoms with E-state index in [2.05, 4.69) is 44.8 Å². The number of piperazine rings is 1. The van der Waals surface area contributed by atoms with E-state index in [4.69, 9.17) is 0 Å². The van der Waals surface area contributed by atoms with Crippen LogP contribution in [-0.4, -0.2) is 35.6 Å². The van der Waals surface area contributed by atoms with E-state index in [9.17, 15) is 0 Å². The molecule has 0 bridgehead atoms. The van der Waals surface area contributed by atoms with Gasteiger partial charge in [0, 0.05) is 30.7 Å². The lowest BCUT2D eigenvalue weighted by Crippen LogP contribution is -2.65. The average molecular weight is 238 g/mol. The van der Waals surface area contributed by atoms with Gasteiger partial charge in [-0.2, -0.15) is 0 Å². The summed E-state index contributed by atoms with van der Waals surface area (Å²) in [6.07, 6.45) is 4.36. The maximum absolute atomic E-state index is 3.71. The zero-order chi connectivity index (χ0) is 12.6. The maximum Gasteiger partial charge on any atom is 0.0253 e. The summed E-state index contributed by atoms with van der Waals surface area (Å²) in [7, 11) is 0. The zero-order valence-electron chi connectivity index (χ0n) is 12.3. The summed E-state index contributed by atoms with van der Waals surface area (Å²) in [6.45, 7) is 14.2. The lowest BCUT2D eigenvalue weighted by Gasteiger charge is -2.51. The molecule has 1 saturated heterocycles. The van der Waals surface area contributed by atoms with Gasteiger partial charge in [0.1, 0.15) is 0 Å². The molecule has 2 unspecified atom stereocenters. The first-order chi connectivity index (χ1) is 7.91. The fourth-order valence-electron chi connectivity index (χ4n) is 3.39. The summed E-state index contributed by atoms with van der Waals surface area (Å²) < 4.78 is 0. The van der Waals surface area contributed by atoms with Crippen molar-refractivity contribution in [3.63, 3.8) is 0 Å². The molecule has 0 spiro atoms. The van der Waals surface area contributed by atoms with Crippen LogP contribution in [0.5, 0.6) is 0 Å². The molecule has 17 heavy (non-hydrogen) atoms. The van der Waals surface area contributed by atoms with E-state index in [0.29, 0.717) is 0 Å². The van der Waals surface area contributed by atoms with Crippen molar-refractivity contribution < 1.29 is 0 Å². The molecule has 1 aliphatic carbocycles. The normalized spacial score (nSPS) is 32.5. The molecule has 0 amide bonds. The van der Waals surface area contributed by atoms with E-state index in [-0.39, 0.29) is 5.54 Å². The van der Waals surface area contributed by atoms with Gasteiger partial charge >= 0.3 is 0 Å². The molecule has 1 saturated carbocycles. The average Bonchev–Trinajstić information content (AvgIpc) is 2.12. The van der Waals surface area contributed by atoms with Crippen molar-refractivity contribution in [3.05, 3.63) is 0 Å². The van der Waals surface area contributed by atoms with Gasteiger partial charge in [-0.3, -0.25) is 4.90 Å². The largest absolute Gasteiger partial charge is 0.309 e. The minimum Gasteiger partial charge on any atom is -0.309 e. The molecule has 0 aromatic heterocycles. The third-order valence-corrected chi connectivity index (χ3v) is 4.92. The van der Waals surface area contributed by atoms with Gasteiger partial charge in [0.25, 0.3) is 0 Å². The lowest BCUT2D eigenvalue weighted by atomic mass is 9.78. The first-order valence-corrected chi connectivity index (χ1v) is 7.41. The van der Waals surface area contributed by atoms with E-state index >= 15 is 0 Å². The Morgan fingerprint density at radius 3 is 2.29 bits per heavy atom. The molecular weight excluding hydrogens is 208 g/mol. The Labute approximate surface area is 107 Å². The van der Waals surface area contributed by atoms with Gasteiger partial charge in [0.2, 0.25) is 0 Å². The van der Waals surface area contributed by atoms with Crippen molar-refractivity contribution in [2.75, 3.05) is 13.1 Å². The van der Waals surface area contributed by atoms with Gasteiger partial charge < -0.3 is 5.32 Å². The lowest BCUT2D eigenvalue weighted by molar-refractivity contribution is 0.000403. The van der Waals surface area contributed by atoms with Crippen molar-refractivity contribution in [2.45, 2.75) is 71.5 Å². The fraction of sp³-hybridized carbons (Fsp3) is 1.00. The summed E-state index contributed by atoms with van der Waals surface area (Å²) in [5.74, 6) is 1.71. The highest BCUT2D eigenvalue weighted by Crippen LogP contribution is 2.35. The molecule has 2 heteroatoms. The molecule has 1 heterocycles. The SMILES string of the molecule is CC(C)C1CNC(C)(C)CN1C(C)C1CCC1. The topological polar surface area (TPSA) is 15.3 Å². The molecule has 2 nitrogen and oxygen atoms in total. The van der Waals surface area contributed by atoms with Gasteiger partial charge in [-0.15, -0.1) is 0 Å². The highest BCUT2D eigenvalue weighted by Gasteiger charge is 2.39. The van der Waals surface area contributed by atoms with E-state index in [1.165, 1.54) is 25.8 Å². The Hall–Kier alpha value is -0.0800. The smallest absolute Gasteiger partial charge is 0.0253 e. The second-order valence-corrected chi connectivity index (χ2v) is 7.18. The van der Waals surface area contributed by atoms with Crippen molar-refractivity contribution in [2.24, 2.45) is 11.8 Å². The van der Waals surface area contributed by atoms with Crippen LogP contribution in [0.15, 0.2) is 0 Å². The summed E-state index contributed by atoms with van der Waals surface area (Å²) in [4.78, 5) is 2.80. The van der Waals surface area contributed by atoms with Gasteiger partial charge in [-0.25, -0.2) is 0 Å². The van der Waals surface area contributed by atoms with Crippen molar-refractivity contribution in [3.8, 4) is 0 Å². The Morgan fingerprint density at radius 1 is 1.18 bits per heavy atom. The van der Waals surface area contributed by atoms with Crippen LogP contribution in [0.3, 0.4) is 0 Å². The minimum atomic E-state index is 0.281. The molecule has 2 rings (SSSR count). The van der Waals surface area contributed by atoms with Crippen LogP contribution in [0.4, 0.5) is 0 Å². The first-order valence-electron chi connectivity index (χ1n) is 7.41. The van der Waals surface area contributed by atoms with Crippen molar-refractivity contribution in [1.82, 2.24) is 10.2 Å². The number of nitrogens with zero attached hydrogens (tertiary/aromatic N) is 1. The minimum absolute atomic E-state index is 0.281. The molecule has 0 aromatic carbocycles. The third-order valence-electron chi connectivity index (χ3n) is 4.92. The van der Waals surface area contributed by atoms with Gasteiger partial charge in [-0.05, 0) is 45.4 Å². The van der Waals surface area contributed by atoms with Crippen LogP contribution in [0.2, 0.25) is 0 Å². The predicted octanol–water partition coefficient (Wildman–Crippen LogP) is 2.88. The Morgan fingerprint density at radius 2 is 1.82 bits per heavy atom. The van der Waals surface area contributed by atoms with Crippen LogP contribution in [-0.2, 0) is 0 Å². The second kappa shape index (κ2) is 4.89. The molecule has 2 atom stereocenters. The molecule has 0 aromatic rings. The van der Waals surface area contributed by atoms with E-state index in [1.807, 2.05) is 0 Å². The zero-order valence-corrected chi connectivity index (χ0v) is 12.3. The molecule has 0 radical (unpaired) electrons. The number of hydrogen-bond acceptors (Lipinski definition) is 2. The molecule has 2 aliphatic rings. The molecule has 2 fully saturated rings. The van der Waals surface area contributed by atoms with Crippen LogP contribution in [0.25, 0.3) is 0 Å².